The molecule has 1 fully saturated rings. The molecule has 1 aliphatic rings. The van der Waals surface area contributed by atoms with Gasteiger partial charge in [-0.2, -0.15) is 0 Å². The third-order valence-corrected chi connectivity index (χ3v) is 4.25. The van der Waals surface area contributed by atoms with E-state index in [9.17, 15) is 0 Å². The van der Waals surface area contributed by atoms with Crippen LogP contribution in [0.4, 0.5) is 11.6 Å². The number of nitrogens with two attached hydrogens (primary N) is 1. The maximum Gasteiger partial charge on any atom is 0.135 e. The Morgan fingerprint density at radius 3 is 2.63 bits per heavy atom. The first-order valence-electron chi connectivity index (χ1n) is 7.36. The van der Waals surface area contributed by atoms with Crippen LogP contribution in [0.3, 0.4) is 0 Å². The molecule has 3 N–H and O–H groups in total. The van der Waals surface area contributed by atoms with E-state index in [1.807, 2.05) is 0 Å². The quantitative estimate of drug-likeness (QED) is 0.876. The third-order valence-electron chi connectivity index (χ3n) is 4.25. The lowest BCUT2D eigenvalue weighted by Crippen LogP contribution is -2.33. The van der Waals surface area contributed by atoms with Gasteiger partial charge in [0.25, 0.3) is 0 Å². The number of nitrogen functional groups attached to an aromatic ring is 1. The Morgan fingerprint density at radius 2 is 2.00 bits per heavy atom. The van der Waals surface area contributed by atoms with Crippen molar-refractivity contribution < 1.29 is 0 Å². The van der Waals surface area contributed by atoms with E-state index in [-0.39, 0.29) is 0 Å². The number of aromatic nitrogens is 2. The molecule has 0 aromatic carbocycles. The van der Waals surface area contributed by atoms with Crippen LogP contribution >= 0.6 is 0 Å². The van der Waals surface area contributed by atoms with Crippen molar-refractivity contribution in [3.05, 3.63) is 11.9 Å². The average molecular weight is 262 g/mol. The Bertz CT molecular complexity index is 430. The Morgan fingerprint density at radius 1 is 1.26 bits per heavy atom. The molecule has 2 rings (SSSR count). The van der Waals surface area contributed by atoms with Gasteiger partial charge in [0.1, 0.15) is 18.0 Å². The van der Waals surface area contributed by atoms with Crippen LogP contribution in [0.1, 0.15) is 58.4 Å². The van der Waals surface area contributed by atoms with E-state index in [4.69, 9.17) is 5.73 Å². The predicted octanol–water partition coefficient (Wildman–Crippen LogP) is 3.42. The van der Waals surface area contributed by atoms with Gasteiger partial charge in [-0.3, -0.25) is 0 Å². The van der Waals surface area contributed by atoms with Gasteiger partial charge >= 0.3 is 0 Å². The molecular weight excluding hydrogens is 236 g/mol. The van der Waals surface area contributed by atoms with Crippen molar-refractivity contribution in [3.8, 4) is 0 Å². The van der Waals surface area contributed by atoms with Crippen molar-refractivity contribution in [1.29, 1.82) is 0 Å². The van der Waals surface area contributed by atoms with E-state index < -0.39 is 0 Å². The summed E-state index contributed by atoms with van der Waals surface area (Å²) in [6.45, 7) is 8.93. The first-order valence-corrected chi connectivity index (χ1v) is 7.36. The van der Waals surface area contributed by atoms with E-state index >= 15 is 0 Å². The van der Waals surface area contributed by atoms with Gasteiger partial charge in [0.15, 0.2) is 0 Å². The molecule has 4 heteroatoms. The molecule has 19 heavy (non-hydrogen) atoms. The van der Waals surface area contributed by atoms with E-state index in [1.165, 1.54) is 19.3 Å². The second-order valence-electron chi connectivity index (χ2n) is 6.32. The highest BCUT2D eigenvalue weighted by molar-refractivity contribution is 5.57. The summed E-state index contributed by atoms with van der Waals surface area (Å²) in [6, 6.07) is 0.503. The number of hydrogen-bond acceptors (Lipinski definition) is 4. The first kappa shape index (κ1) is 14.1. The van der Waals surface area contributed by atoms with Crippen LogP contribution in [0.25, 0.3) is 0 Å². The molecule has 3 unspecified atom stereocenters. The summed E-state index contributed by atoms with van der Waals surface area (Å²) in [6.07, 6.45) is 5.35. The van der Waals surface area contributed by atoms with Gasteiger partial charge in [-0.1, -0.05) is 27.7 Å². The lowest BCUT2D eigenvalue weighted by molar-refractivity contribution is 0.276. The minimum atomic E-state index is 0.335. The van der Waals surface area contributed by atoms with Crippen LogP contribution in [0.15, 0.2) is 6.33 Å². The van der Waals surface area contributed by atoms with Gasteiger partial charge in [-0.05, 0) is 37.0 Å². The van der Waals surface area contributed by atoms with Crippen LogP contribution in [0, 0.1) is 11.8 Å². The molecule has 0 aliphatic heterocycles. The normalized spacial score (nSPS) is 27.5. The largest absolute Gasteiger partial charge is 0.383 e. The van der Waals surface area contributed by atoms with Gasteiger partial charge in [0.2, 0.25) is 0 Å². The van der Waals surface area contributed by atoms with Gasteiger partial charge in [-0.25, -0.2) is 9.97 Å². The third kappa shape index (κ3) is 3.17. The molecule has 106 valence electrons. The minimum absolute atomic E-state index is 0.335. The molecule has 3 atom stereocenters. The zero-order valence-electron chi connectivity index (χ0n) is 12.5. The Balaban J connectivity index is 2.17. The number of nitrogens with one attached hydrogen (secondary N) is 1. The highest BCUT2D eigenvalue weighted by Crippen LogP contribution is 2.33. The Kier molecular flexibility index (Phi) is 4.27. The van der Waals surface area contributed by atoms with Crippen molar-refractivity contribution >= 4 is 11.6 Å². The molecule has 1 aliphatic carbocycles. The van der Waals surface area contributed by atoms with Crippen LogP contribution in [0.2, 0.25) is 0 Å². The molecule has 1 saturated carbocycles. The number of anilines is 2. The second kappa shape index (κ2) is 5.76. The van der Waals surface area contributed by atoms with Crippen LogP contribution in [-0.2, 0) is 0 Å². The number of rotatable bonds is 3. The van der Waals surface area contributed by atoms with Crippen LogP contribution in [-0.4, -0.2) is 16.0 Å². The summed E-state index contributed by atoms with van der Waals surface area (Å²) in [5.74, 6) is 3.38. The smallest absolute Gasteiger partial charge is 0.135 e. The Hall–Kier alpha value is -1.32. The Labute approximate surface area is 116 Å². The predicted molar refractivity (Wildman–Crippen MR) is 80.1 cm³/mol. The SMILES string of the molecule is CC1CCC(Nc2ncnc(N)c2C(C)C)C(C)C1. The summed E-state index contributed by atoms with van der Waals surface area (Å²) in [5.41, 5.74) is 7.04. The average Bonchev–Trinajstić information content (AvgIpc) is 2.32. The van der Waals surface area contributed by atoms with Crippen LogP contribution in [0.5, 0.6) is 0 Å². The number of nitrogens with zero attached hydrogens (tertiary/aromatic N) is 2. The molecule has 4 nitrogen and oxygen atoms in total. The maximum absolute atomic E-state index is 5.99. The monoisotopic (exact) mass is 262 g/mol. The van der Waals surface area contributed by atoms with E-state index in [2.05, 4.69) is 43.0 Å². The summed E-state index contributed by atoms with van der Waals surface area (Å²) < 4.78 is 0. The van der Waals surface area contributed by atoms with E-state index in [1.54, 1.807) is 6.33 Å². The molecule has 1 aromatic rings. The van der Waals surface area contributed by atoms with E-state index in [0.29, 0.717) is 23.7 Å². The highest BCUT2D eigenvalue weighted by atomic mass is 15.1. The van der Waals surface area contributed by atoms with E-state index in [0.717, 1.165) is 17.3 Å². The fourth-order valence-corrected chi connectivity index (χ4v) is 3.15. The lowest BCUT2D eigenvalue weighted by atomic mass is 9.80. The zero-order chi connectivity index (χ0) is 14.0. The van der Waals surface area contributed by atoms with Gasteiger partial charge in [-0.15, -0.1) is 0 Å². The fourth-order valence-electron chi connectivity index (χ4n) is 3.15. The van der Waals surface area contributed by atoms with Crippen molar-refractivity contribution in [1.82, 2.24) is 9.97 Å². The summed E-state index contributed by atoms with van der Waals surface area (Å²) in [7, 11) is 0. The van der Waals surface area contributed by atoms with Crippen molar-refractivity contribution in [2.45, 2.75) is 58.9 Å². The summed E-state index contributed by atoms with van der Waals surface area (Å²) in [5, 5.41) is 3.61. The molecule has 0 spiro atoms. The molecule has 0 bridgehead atoms. The van der Waals surface area contributed by atoms with Crippen LogP contribution < -0.4 is 11.1 Å². The first-order chi connectivity index (χ1) is 8.99. The summed E-state index contributed by atoms with van der Waals surface area (Å²) >= 11 is 0. The van der Waals surface area contributed by atoms with Crippen molar-refractivity contribution in [2.24, 2.45) is 11.8 Å². The second-order valence-corrected chi connectivity index (χ2v) is 6.32. The minimum Gasteiger partial charge on any atom is -0.383 e. The zero-order valence-corrected chi connectivity index (χ0v) is 12.5. The van der Waals surface area contributed by atoms with Gasteiger partial charge in [0, 0.05) is 11.6 Å². The van der Waals surface area contributed by atoms with Crippen molar-refractivity contribution in [2.75, 3.05) is 11.1 Å². The van der Waals surface area contributed by atoms with Gasteiger partial charge < -0.3 is 11.1 Å². The number of hydrogen-bond donors (Lipinski definition) is 2. The lowest BCUT2D eigenvalue weighted by Gasteiger charge is -2.34. The molecular formula is C15H26N4. The standard InChI is InChI=1S/C15H26N4/c1-9(2)13-14(16)17-8-18-15(13)19-12-6-5-10(3)7-11(12)4/h8-12H,5-7H2,1-4H3,(H3,16,17,18,19). The molecule has 0 radical (unpaired) electrons. The maximum atomic E-state index is 5.99. The summed E-state index contributed by atoms with van der Waals surface area (Å²) in [4.78, 5) is 8.52. The molecule has 1 heterocycles. The molecule has 0 saturated heterocycles. The highest BCUT2D eigenvalue weighted by Gasteiger charge is 2.26. The fraction of sp³-hybridized carbons (Fsp3) is 0.733. The molecule has 0 amide bonds. The van der Waals surface area contributed by atoms with Crippen molar-refractivity contribution in [3.63, 3.8) is 0 Å². The topological polar surface area (TPSA) is 63.8 Å². The molecule has 1 aromatic heterocycles. The van der Waals surface area contributed by atoms with Gasteiger partial charge in [0.05, 0.1) is 0 Å².